The van der Waals surface area contributed by atoms with E-state index in [4.69, 9.17) is 4.42 Å². The number of hydrogen-bond donors (Lipinski definition) is 1. The van der Waals surface area contributed by atoms with Crippen LogP contribution >= 0.6 is 15.9 Å². The summed E-state index contributed by atoms with van der Waals surface area (Å²) in [4.78, 5) is 11.4. The van der Waals surface area contributed by atoms with Crippen molar-refractivity contribution in [2.24, 2.45) is 5.92 Å². The van der Waals surface area contributed by atoms with Crippen LogP contribution in [0, 0.1) is 5.92 Å². The van der Waals surface area contributed by atoms with E-state index in [1.807, 2.05) is 18.2 Å². The highest BCUT2D eigenvalue weighted by Crippen LogP contribution is 2.29. The zero-order valence-electron chi connectivity index (χ0n) is 12.0. The number of aromatic nitrogens is 2. The lowest BCUT2D eigenvalue weighted by molar-refractivity contribution is 0.219. The number of benzene rings is 1. The average molecular weight is 362 g/mol. The topological polar surface area (TPSA) is 62.4 Å². The second-order valence-electron chi connectivity index (χ2n) is 5.81. The number of aliphatic hydroxyl groups excluding tert-OH is 1. The minimum atomic E-state index is 0.261. The van der Waals surface area contributed by atoms with Gasteiger partial charge in [-0.2, -0.15) is 0 Å². The molecule has 3 heterocycles. The van der Waals surface area contributed by atoms with Crippen molar-refractivity contribution in [3.63, 3.8) is 0 Å². The van der Waals surface area contributed by atoms with Gasteiger partial charge in [0.1, 0.15) is 16.9 Å². The molecule has 1 aliphatic heterocycles. The van der Waals surface area contributed by atoms with E-state index in [0.29, 0.717) is 18.0 Å². The molecule has 5 nitrogen and oxygen atoms in total. The fourth-order valence-electron chi connectivity index (χ4n) is 3.05. The lowest BCUT2D eigenvalue weighted by Crippen LogP contribution is -2.22. The van der Waals surface area contributed by atoms with Crippen LogP contribution in [0.1, 0.15) is 12.2 Å². The Kier molecular flexibility index (Phi) is 3.60. The highest BCUT2D eigenvalue weighted by Gasteiger charge is 2.22. The Morgan fingerprint density at radius 3 is 3.09 bits per heavy atom. The van der Waals surface area contributed by atoms with Crippen LogP contribution in [0.2, 0.25) is 0 Å². The molecule has 1 saturated heterocycles. The maximum atomic E-state index is 9.23. The largest absolute Gasteiger partial charge is 0.453 e. The molecule has 1 aromatic carbocycles. The van der Waals surface area contributed by atoms with Crippen LogP contribution in [0.3, 0.4) is 0 Å². The SMILES string of the molecule is OCC1CCN(Cc2ncc3oc4ccc(Br)cc4c3n2)C1. The number of likely N-dealkylation sites (tertiary alicyclic amines) is 1. The molecule has 1 unspecified atom stereocenters. The maximum Gasteiger partial charge on any atom is 0.172 e. The Hall–Kier alpha value is -1.50. The molecular weight excluding hydrogens is 346 g/mol. The molecule has 1 N–H and O–H groups in total. The van der Waals surface area contributed by atoms with Crippen molar-refractivity contribution >= 4 is 38.0 Å². The predicted octanol–water partition coefficient (Wildman–Crippen LogP) is 2.95. The van der Waals surface area contributed by atoms with Gasteiger partial charge >= 0.3 is 0 Å². The molecule has 0 aliphatic carbocycles. The molecular formula is C16H16BrN3O2. The fraction of sp³-hybridized carbons (Fsp3) is 0.375. The molecule has 0 radical (unpaired) electrons. The van der Waals surface area contributed by atoms with E-state index in [0.717, 1.165) is 46.3 Å². The normalized spacial score (nSPS) is 19.5. The summed E-state index contributed by atoms with van der Waals surface area (Å²) in [6.07, 6.45) is 2.80. The number of fused-ring (bicyclic) bond motifs is 3. The average Bonchev–Trinajstić information content (AvgIpc) is 3.11. The quantitative estimate of drug-likeness (QED) is 0.776. The molecule has 1 atom stereocenters. The summed E-state index contributed by atoms with van der Waals surface area (Å²) in [5.74, 6) is 1.18. The van der Waals surface area contributed by atoms with Crippen molar-refractivity contribution in [1.82, 2.24) is 14.9 Å². The Labute approximate surface area is 136 Å². The molecule has 0 amide bonds. The van der Waals surface area contributed by atoms with Gasteiger partial charge in [0.15, 0.2) is 5.58 Å². The molecule has 0 spiro atoms. The second-order valence-corrected chi connectivity index (χ2v) is 6.73. The van der Waals surface area contributed by atoms with Crippen LogP contribution in [0.15, 0.2) is 33.3 Å². The molecule has 114 valence electrons. The van der Waals surface area contributed by atoms with Gasteiger partial charge in [-0.15, -0.1) is 0 Å². The molecule has 22 heavy (non-hydrogen) atoms. The van der Waals surface area contributed by atoms with Crippen molar-refractivity contribution in [2.45, 2.75) is 13.0 Å². The fourth-order valence-corrected chi connectivity index (χ4v) is 3.41. The summed E-state index contributed by atoms with van der Waals surface area (Å²) < 4.78 is 6.78. The van der Waals surface area contributed by atoms with Crippen molar-refractivity contribution in [2.75, 3.05) is 19.7 Å². The van der Waals surface area contributed by atoms with Gasteiger partial charge in [0.25, 0.3) is 0 Å². The molecule has 1 fully saturated rings. The van der Waals surface area contributed by atoms with E-state index in [-0.39, 0.29) is 6.61 Å². The number of nitrogens with zero attached hydrogens (tertiary/aromatic N) is 3. The van der Waals surface area contributed by atoms with E-state index in [9.17, 15) is 5.11 Å². The van der Waals surface area contributed by atoms with Gasteiger partial charge in [-0.3, -0.25) is 4.90 Å². The first-order chi connectivity index (χ1) is 10.7. The van der Waals surface area contributed by atoms with Crippen molar-refractivity contribution < 1.29 is 9.52 Å². The van der Waals surface area contributed by atoms with Gasteiger partial charge in [-0.05, 0) is 37.1 Å². The molecule has 0 saturated carbocycles. The Morgan fingerprint density at radius 2 is 2.27 bits per heavy atom. The summed E-state index contributed by atoms with van der Waals surface area (Å²) in [6, 6.07) is 5.92. The number of halogens is 1. The van der Waals surface area contributed by atoms with Crippen LogP contribution in [0.4, 0.5) is 0 Å². The van der Waals surface area contributed by atoms with E-state index in [1.54, 1.807) is 6.20 Å². The monoisotopic (exact) mass is 361 g/mol. The van der Waals surface area contributed by atoms with Crippen molar-refractivity contribution in [1.29, 1.82) is 0 Å². The first-order valence-electron chi connectivity index (χ1n) is 7.40. The highest BCUT2D eigenvalue weighted by molar-refractivity contribution is 9.10. The third-order valence-electron chi connectivity index (χ3n) is 4.21. The van der Waals surface area contributed by atoms with Gasteiger partial charge < -0.3 is 9.52 Å². The molecule has 2 aromatic heterocycles. The summed E-state index contributed by atoms with van der Waals surface area (Å²) in [7, 11) is 0. The molecule has 0 bridgehead atoms. The van der Waals surface area contributed by atoms with Crippen LogP contribution in [0.25, 0.3) is 22.1 Å². The molecule has 6 heteroatoms. The number of rotatable bonds is 3. The molecule has 4 rings (SSSR count). The first-order valence-corrected chi connectivity index (χ1v) is 8.19. The Bertz CT molecular complexity index is 833. The standard InChI is InChI=1S/C16H16BrN3O2/c17-11-1-2-13-12(5-11)16-14(22-13)6-18-15(19-16)8-20-4-3-10(7-20)9-21/h1-2,5-6,10,21H,3-4,7-9H2. The van der Waals surface area contributed by atoms with Gasteiger partial charge in [0, 0.05) is 23.0 Å². The summed E-state index contributed by atoms with van der Waals surface area (Å²) >= 11 is 3.49. The highest BCUT2D eigenvalue weighted by atomic mass is 79.9. The maximum absolute atomic E-state index is 9.23. The smallest absolute Gasteiger partial charge is 0.172 e. The van der Waals surface area contributed by atoms with Gasteiger partial charge in [0.05, 0.1) is 12.7 Å². The van der Waals surface area contributed by atoms with E-state index in [1.165, 1.54) is 0 Å². The molecule has 1 aliphatic rings. The van der Waals surface area contributed by atoms with Crippen molar-refractivity contribution in [3.8, 4) is 0 Å². The summed E-state index contributed by atoms with van der Waals surface area (Å²) in [5.41, 5.74) is 2.40. The van der Waals surface area contributed by atoms with E-state index in [2.05, 4.69) is 30.8 Å². The summed E-state index contributed by atoms with van der Waals surface area (Å²) in [6.45, 7) is 2.88. The number of aliphatic hydroxyl groups is 1. The number of hydrogen-bond acceptors (Lipinski definition) is 5. The zero-order valence-corrected chi connectivity index (χ0v) is 13.6. The lowest BCUT2D eigenvalue weighted by Gasteiger charge is -2.13. The van der Waals surface area contributed by atoms with Gasteiger partial charge in [-0.25, -0.2) is 9.97 Å². The molecule has 3 aromatic rings. The Balaban J connectivity index is 1.67. The number of furan rings is 1. The minimum Gasteiger partial charge on any atom is -0.453 e. The second kappa shape index (κ2) is 5.61. The van der Waals surface area contributed by atoms with E-state index >= 15 is 0 Å². The van der Waals surface area contributed by atoms with E-state index < -0.39 is 0 Å². The third kappa shape index (κ3) is 2.51. The van der Waals surface area contributed by atoms with Crippen molar-refractivity contribution in [3.05, 3.63) is 34.7 Å². The predicted molar refractivity (Wildman–Crippen MR) is 87.5 cm³/mol. The lowest BCUT2D eigenvalue weighted by atomic mass is 10.1. The minimum absolute atomic E-state index is 0.261. The summed E-state index contributed by atoms with van der Waals surface area (Å²) in [5, 5.41) is 10.2. The van der Waals surface area contributed by atoms with Gasteiger partial charge in [0.2, 0.25) is 0 Å². The van der Waals surface area contributed by atoms with Crippen LogP contribution in [-0.4, -0.2) is 39.7 Å². The Morgan fingerprint density at radius 1 is 1.36 bits per heavy atom. The van der Waals surface area contributed by atoms with Gasteiger partial charge in [-0.1, -0.05) is 15.9 Å². The van der Waals surface area contributed by atoms with Crippen LogP contribution in [-0.2, 0) is 6.54 Å². The van der Waals surface area contributed by atoms with Crippen LogP contribution < -0.4 is 0 Å². The zero-order chi connectivity index (χ0) is 15.1. The first kappa shape index (κ1) is 14.1. The van der Waals surface area contributed by atoms with Crippen LogP contribution in [0.5, 0.6) is 0 Å². The third-order valence-corrected chi connectivity index (χ3v) is 4.71.